The average molecular weight is 513 g/mol. The second-order valence-corrected chi connectivity index (χ2v) is 9.95. The first-order valence-electron chi connectivity index (χ1n) is 11.9. The number of ether oxygens (including phenoxy) is 2. The minimum Gasteiger partial charge on any atom is -0.507 e. The maximum Gasteiger partial charge on any atom is 0.202 e. The Kier molecular flexibility index (Phi) is 5.89. The van der Waals surface area contributed by atoms with Crippen molar-refractivity contribution in [2.24, 2.45) is 5.73 Å². The number of carbonyl (C=O) groups excluding carboxylic acids is 3. The molecule has 0 amide bonds. The summed E-state index contributed by atoms with van der Waals surface area (Å²) >= 11 is 0. The van der Waals surface area contributed by atoms with E-state index in [0.29, 0.717) is 0 Å². The van der Waals surface area contributed by atoms with E-state index in [1.54, 1.807) is 6.92 Å². The van der Waals surface area contributed by atoms with Crippen molar-refractivity contribution >= 4 is 17.3 Å². The van der Waals surface area contributed by atoms with E-state index in [1.165, 1.54) is 18.2 Å². The van der Waals surface area contributed by atoms with Crippen LogP contribution in [0.5, 0.6) is 17.2 Å². The predicted octanol–water partition coefficient (Wildman–Crippen LogP) is 0.726. The number of Topliss-reactive ketones (excluding diaryl/α,β-unsaturated/α-hetero) is 1. The Morgan fingerprint density at radius 1 is 1.11 bits per heavy atom. The van der Waals surface area contributed by atoms with E-state index in [-0.39, 0.29) is 35.1 Å². The highest BCUT2D eigenvalue weighted by Gasteiger charge is 2.49. The fraction of sp³-hybridized carbons (Fsp3) is 0.423. The van der Waals surface area contributed by atoms with Crippen molar-refractivity contribution in [3.8, 4) is 17.2 Å². The van der Waals surface area contributed by atoms with Crippen LogP contribution in [0.25, 0.3) is 0 Å². The van der Waals surface area contributed by atoms with Crippen LogP contribution in [-0.2, 0) is 20.7 Å². The number of phenols is 3. The number of fused-ring (bicyclic) bond motifs is 3. The van der Waals surface area contributed by atoms with Crippen molar-refractivity contribution in [2.45, 2.75) is 69.4 Å². The molecule has 3 aliphatic rings. The monoisotopic (exact) mass is 513 g/mol. The van der Waals surface area contributed by atoms with Crippen molar-refractivity contribution in [1.82, 2.24) is 0 Å². The number of ketones is 3. The minimum absolute atomic E-state index is 0.0478. The first kappa shape index (κ1) is 25.3. The topological polar surface area (TPSA) is 197 Å². The van der Waals surface area contributed by atoms with Crippen LogP contribution in [0.1, 0.15) is 75.8 Å². The van der Waals surface area contributed by atoms with Gasteiger partial charge < -0.3 is 40.7 Å². The van der Waals surface area contributed by atoms with Gasteiger partial charge in [-0.3, -0.25) is 14.4 Å². The van der Waals surface area contributed by atoms with Crippen molar-refractivity contribution in [1.29, 1.82) is 0 Å². The third-order valence-corrected chi connectivity index (χ3v) is 7.59. The highest BCUT2D eigenvalue weighted by Crippen LogP contribution is 2.52. The summed E-state index contributed by atoms with van der Waals surface area (Å²) in [7, 11) is 0. The third-order valence-electron chi connectivity index (χ3n) is 7.59. The van der Waals surface area contributed by atoms with Crippen LogP contribution in [0.2, 0.25) is 0 Å². The number of rotatable bonds is 3. The lowest BCUT2D eigenvalue weighted by Crippen LogP contribution is -2.52. The smallest absolute Gasteiger partial charge is 0.202 e. The third kappa shape index (κ3) is 3.73. The van der Waals surface area contributed by atoms with E-state index in [1.807, 2.05) is 0 Å². The first-order chi connectivity index (χ1) is 17.4. The van der Waals surface area contributed by atoms with Gasteiger partial charge in [-0.25, -0.2) is 0 Å². The van der Waals surface area contributed by atoms with Gasteiger partial charge in [0.2, 0.25) is 5.78 Å². The number of aliphatic hydroxyl groups excluding tert-OH is 1. The van der Waals surface area contributed by atoms with Crippen LogP contribution < -0.4 is 5.73 Å². The molecule has 0 saturated carbocycles. The van der Waals surface area contributed by atoms with E-state index in [0.717, 1.165) is 6.92 Å². The number of aliphatic hydroxyl groups is 2. The molecular formula is C26H27NO10. The van der Waals surface area contributed by atoms with Crippen LogP contribution in [-0.4, -0.2) is 73.0 Å². The van der Waals surface area contributed by atoms with Crippen LogP contribution in [0.4, 0.5) is 0 Å². The highest BCUT2D eigenvalue weighted by molar-refractivity contribution is 6.31. The van der Waals surface area contributed by atoms with Crippen LogP contribution >= 0.6 is 0 Å². The Morgan fingerprint density at radius 2 is 1.78 bits per heavy atom. The summed E-state index contributed by atoms with van der Waals surface area (Å²) in [6.45, 7) is 2.76. The number of benzene rings is 2. The molecule has 0 unspecified atom stereocenters. The van der Waals surface area contributed by atoms with Gasteiger partial charge in [0, 0.05) is 42.0 Å². The molecule has 11 heteroatoms. The Balaban J connectivity index is 1.68. The molecule has 1 saturated heterocycles. The second-order valence-electron chi connectivity index (χ2n) is 9.95. The summed E-state index contributed by atoms with van der Waals surface area (Å²) in [6, 6.07) is 3.20. The fourth-order valence-electron chi connectivity index (χ4n) is 5.50. The van der Waals surface area contributed by atoms with Crippen LogP contribution in [0, 0.1) is 0 Å². The lowest BCUT2D eigenvalue weighted by Gasteiger charge is -2.42. The second kappa shape index (κ2) is 8.61. The van der Waals surface area contributed by atoms with Gasteiger partial charge >= 0.3 is 0 Å². The number of aromatic hydroxyl groups is 3. The molecule has 0 radical (unpaired) electrons. The summed E-state index contributed by atoms with van der Waals surface area (Å²) in [4.78, 5) is 39.1. The van der Waals surface area contributed by atoms with Gasteiger partial charge in [-0.2, -0.15) is 0 Å². The molecule has 0 aromatic heterocycles. The van der Waals surface area contributed by atoms with Gasteiger partial charge in [0.05, 0.1) is 35.0 Å². The van der Waals surface area contributed by atoms with E-state index in [4.69, 9.17) is 15.2 Å². The first-order valence-corrected chi connectivity index (χ1v) is 11.9. The van der Waals surface area contributed by atoms with Gasteiger partial charge in [-0.1, -0.05) is 12.1 Å². The normalized spacial score (nSPS) is 30.9. The molecule has 1 fully saturated rings. The molecule has 196 valence electrons. The van der Waals surface area contributed by atoms with Gasteiger partial charge in [0.15, 0.2) is 17.9 Å². The van der Waals surface area contributed by atoms with Crippen molar-refractivity contribution in [3.05, 3.63) is 51.6 Å². The predicted molar refractivity (Wildman–Crippen MR) is 125 cm³/mol. The Hall–Kier alpha value is -3.35. The summed E-state index contributed by atoms with van der Waals surface area (Å²) in [5.41, 5.74) is 2.29. The van der Waals surface area contributed by atoms with Crippen LogP contribution in [0.15, 0.2) is 18.2 Å². The number of phenolic OH excluding ortho intramolecular Hbond substituents is 3. The lowest BCUT2D eigenvalue weighted by atomic mass is 9.72. The molecule has 5 rings (SSSR count). The Bertz CT molecular complexity index is 1340. The zero-order valence-corrected chi connectivity index (χ0v) is 20.1. The molecule has 1 aliphatic heterocycles. The SMILES string of the molecule is CC(=O)[C@]1(O)Cc2c(O)c3c(c(O)c2[C@H](O[C@@H]2C[C@H](N)[C@@H](O)[C@H](C)O2)C1)C(=O)c1c(O)cccc1C3=O. The molecule has 2 aromatic carbocycles. The van der Waals surface area contributed by atoms with Gasteiger partial charge in [0.1, 0.15) is 22.8 Å². The maximum absolute atomic E-state index is 13.4. The van der Waals surface area contributed by atoms with E-state index >= 15 is 0 Å². The van der Waals surface area contributed by atoms with E-state index < -0.39 is 88.4 Å². The van der Waals surface area contributed by atoms with Gasteiger partial charge in [-0.05, 0) is 19.9 Å². The molecule has 2 aliphatic carbocycles. The van der Waals surface area contributed by atoms with Crippen molar-refractivity contribution in [3.63, 3.8) is 0 Å². The lowest BCUT2D eigenvalue weighted by molar-refractivity contribution is -0.247. The molecule has 37 heavy (non-hydrogen) atoms. The average Bonchev–Trinajstić information content (AvgIpc) is 2.82. The molecule has 0 spiro atoms. The Labute approximate surface area is 211 Å². The molecule has 0 bridgehead atoms. The van der Waals surface area contributed by atoms with E-state index in [9.17, 15) is 39.9 Å². The largest absolute Gasteiger partial charge is 0.507 e. The molecule has 2 aromatic rings. The zero-order chi connectivity index (χ0) is 27.0. The molecular weight excluding hydrogens is 486 g/mol. The molecule has 1 heterocycles. The maximum atomic E-state index is 13.4. The number of hydrogen-bond donors (Lipinski definition) is 6. The fourth-order valence-corrected chi connectivity index (χ4v) is 5.50. The molecule has 11 nitrogen and oxygen atoms in total. The quantitative estimate of drug-likeness (QED) is 0.270. The Morgan fingerprint density at radius 3 is 2.43 bits per heavy atom. The number of hydrogen-bond acceptors (Lipinski definition) is 11. The summed E-state index contributed by atoms with van der Waals surface area (Å²) in [5.74, 6) is -4.13. The van der Waals surface area contributed by atoms with Crippen molar-refractivity contribution < 1.29 is 49.4 Å². The highest BCUT2D eigenvalue weighted by atomic mass is 16.7. The molecule has 7 N–H and O–H groups in total. The summed E-state index contributed by atoms with van der Waals surface area (Å²) in [6.07, 6.45) is -4.68. The standard InChI is InChI=1S/C26H27NO10/c1-9-21(30)13(27)6-16(36-9)37-15-8-26(35,10(2)28)7-12-18(15)25(34)20-19(23(12)32)22(31)11-4-3-5-14(29)17(11)24(20)33/h3-5,9,13,15-16,21,29-30,32,34-35H,6-8,27H2,1-2H3/t9-,13-,15+,16+,21-,26-/m0/s1. The van der Waals surface area contributed by atoms with E-state index in [2.05, 4.69) is 0 Å². The van der Waals surface area contributed by atoms with Crippen molar-refractivity contribution in [2.75, 3.05) is 0 Å². The minimum atomic E-state index is -2.02. The summed E-state index contributed by atoms with van der Waals surface area (Å²) < 4.78 is 11.7. The molecule has 6 atom stereocenters. The van der Waals surface area contributed by atoms with Gasteiger partial charge in [-0.15, -0.1) is 0 Å². The number of carbonyl (C=O) groups is 3. The van der Waals surface area contributed by atoms with Crippen LogP contribution in [0.3, 0.4) is 0 Å². The van der Waals surface area contributed by atoms with Gasteiger partial charge in [0.25, 0.3) is 0 Å². The number of nitrogens with two attached hydrogens (primary N) is 1. The summed E-state index contributed by atoms with van der Waals surface area (Å²) in [5, 5.41) is 54.1. The zero-order valence-electron chi connectivity index (χ0n) is 20.1.